The third kappa shape index (κ3) is 5.09. The summed E-state index contributed by atoms with van der Waals surface area (Å²) in [5.41, 5.74) is 2.00. The first-order valence-electron chi connectivity index (χ1n) is 8.96. The Labute approximate surface area is 153 Å². The van der Waals surface area contributed by atoms with Crippen LogP contribution < -0.4 is 10.6 Å². The molecule has 0 unspecified atom stereocenters. The van der Waals surface area contributed by atoms with Gasteiger partial charge in [-0.2, -0.15) is 0 Å². The second kappa shape index (κ2) is 8.52. The molecule has 0 bridgehead atoms. The summed E-state index contributed by atoms with van der Waals surface area (Å²) in [5, 5.41) is 5.66. The van der Waals surface area contributed by atoms with Crippen molar-refractivity contribution in [3.63, 3.8) is 0 Å². The minimum absolute atomic E-state index is 0.00621. The molecule has 136 valence electrons. The van der Waals surface area contributed by atoms with Crippen molar-refractivity contribution in [1.82, 2.24) is 10.6 Å². The van der Waals surface area contributed by atoms with Gasteiger partial charge in [0.25, 0.3) is 0 Å². The van der Waals surface area contributed by atoms with Crippen LogP contribution in [-0.4, -0.2) is 18.0 Å². The van der Waals surface area contributed by atoms with Crippen LogP contribution in [0.1, 0.15) is 36.9 Å². The van der Waals surface area contributed by atoms with Gasteiger partial charge in [-0.25, -0.2) is 4.79 Å². The Morgan fingerprint density at radius 3 is 2.23 bits per heavy atom. The molecule has 2 N–H and O–H groups in total. The van der Waals surface area contributed by atoms with Crippen LogP contribution >= 0.6 is 0 Å². The topological polar surface area (TPSA) is 67.4 Å². The van der Waals surface area contributed by atoms with E-state index in [1.165, 1.54) is 0 Å². The molecule has 0 saturated heterocycles. The molecule has 2 aromatic carbocycles. The zero-order valence-corrected chi connectivity index (χ0v) is 14.9. The minimum atomic E-state index is -0.664. The summed E-state index contributed by atoms with van der Waals surface area (Å²) < 4.78 is 5.17. The SMILES string of the molecule is C[C@@H](NC(=O)OCc1ccccc1)C(=O)N[C@H](c1ccccc1)C1CC1. The van der Waals surface area contributed by atoms with Crippen LogP contribution in [0.25, 0.3) is 0 Å². The van der Waals surface area contributed by atoms with Crippen LogP contribution in [-0.2, 0) is 16.1 Å². The number of amides is 2. The number of benzene rings is 2. The average Bonchev–Trinajstić information content (AvgIpc) is 3.51. The number of rotatable bonds is 7. The van der Waals surface area contributed by atoms with E-state index in [2.05, 4.69) is 10.6 Å². The lowest BCUT2D eigenvalue weighted by Crippen LogP contribution is -2.46. The molecule has 26 heavy (non-hydrogen) atoms. The van der Waals surface area contributed by atoms with Gasteiger partial charge in [0.1, 0.15) is 12.6 Å². The van der Waals surface area contributed by atoms with Crippen molar-refractivity contribution in [2.24, 2.45) is 5.92 Å². The molecule has 1 fully saturated rings. The Morgan fingerprint density at radius 2 is 1.62 bits per heavy atom. The fourth-order valence-corrected chi connectivity index (χ4v) is 2.85. The Balaban J connectivity index is 1.49. The van der Waals surface area contributed by atoms with Crippen molar-refractivity contribution in [1.29, 1.82) is 0 Å². The highest BCUT2D eigenvalue weighted by Crippen LogP contribution is 2.40. The molecule has 1 aliphatic carbocycles. The van der Waals surface area contributed by atoms with Crippen molar-refractivity contribution < 1.29 is 14.3 Å². The standard InChI is InChI=1S/C21H24N2O3/c1-15(22-21(25)26-14-16-8-4-2-5-9-16)20(24)23-19(18-12-13-18)17-10-6-3-7-11-17/h2-11,15,18-19H,12-14H2,1H3,(H,22,25)(H,23,24)/t15-,19-/m1/s1. The lowest BCUT2D eigenvalue weighted by atomic mass is 10.0. The van der Waals surface area contributed by atoms with Gasteiger partial charge in [0.05, 0.1) is 6.04 Å². The van der Waals surface area contributed by atoms with E-state index in [-0.39, 0.29) is 18.6 Å². The Morgan fingerprint density at radius 1 is 1.00 bits per heavy atom. The minimum Gasteiger partial charge on any atom is -0.445 e. The van der Waals surface area contributed by atoms with Gasteiger partial charge in [0.15, 0.2) is 0 Å². The third-order valence-electron chi connectivity index (χ3n) is 4.49. The summed E-state index contributed by atoms with van der Waals surface area (Å²) >= 11 is 0. The van der Waals surface area contributed by atoms with Gasteiger partial charge in [-0.05, 0) is 36.8 Å². The molecule has 0 aliphatic heterocycles. The Kier molecular flexibility index (Phi) is 5.89. The molecule has 2 aromatic rings. The molecule has 3 rings (SSSR count). The van der Waals surface area contributed by atoms with Gasteiger partial charge in [-0.3, -0.25) is 4.79 Å². The van der Waals surface area contributed by atoms with E-state index >= 15 is 0 Å². The molecule has 0 spiro atoms. The molecule has 5 heteroatoms. The Hall–Kier alpha value is -2.82. The van der Waals surface area contributed by atoms with E-state index in [0.717, 1.165) is 24.0 Å². The van der Waals surface area contributed by atoms with Crippen molar-refractivity contribution in [3.8, 4) is 0 Å². The number of hydrogen-bond donors (Lipinski definition) is 2. The molecular weight excluding hydrogens is 328 g/mol. The average molecular weight is 352 g/mol. The second-order valence-electron chi connectivity index (χ2n) is 6.66. The van der Waals surface area contributed by atoms with Crippen LogP contribution in [0.4, 0.5) is 4.79 Å². The van der Waals surface area contributed by atoms with E-state index in [1.54, 1.807) is 6.92 Å². The number of hydrogen-bond acceptors (Lipinski definition) is 3. The summed E-state index contributed by atoms with van der Waals surface area (Å²) in [7, 11) is 0. The maximum atomic E-state index is 12.5. The molecule has 0 radical (unpaired) electrons. The molecule has 0 aromatic heterocycles. The van der Waals surface area contributed by atoms with Crippen molar-refractivity contribution >= 4 is 12.0 Å². The molecule has 2 amide bonds. The van der Waals surface area contributed by atoms with Crippen molar-refractivity contribution in [2.75, 3.05) is 0 Å². The van der Waals surface area contributed by atoms with Gasteiger partial charge in [-0.15, -0.1) is 0 Å². The van der Waals surface area contributed by atoms with E-state index in [0.29, 0.717) is 5.92 Å². The largest absolute Gasteiger partial charge is 0.445 e. The van der Waals surface area contributed by atoms with Crippen LogP contribution in [0.15, 0.2) is 60.7 Å². The molecular formula is C21H24N2O3. The lowest BCUT2D eigenvalue weighted by Gasteiger charge is -2.21. The van der Waals surface area contributed by atoms with Gasteiger partial charge >= 0.3 is 6.09 Å². The highest BCUT2D eigenvalue weighted by Gasteiger charge is 2.34. The van der Waals surface area contributed by atoms with E-state index in [9.17, 15) is 9.59 Å². The summed E-state index contributed by atoms with van der Waals surface area (Å²) in [4.78, 5) is 24.4. The predicted octanol–water partition coefficient (Wildman–Crippen LogP) is 3.57. The smallest absolute Gasteiger partial charge is 0.408 e. The number of nitrogens with one attached hydrogen (secondary N) is 2. The molecule has 1 saturated carbocycles. The first-order chi connectivity index (χ1) is 12.6. The molecule has 1 aliphatic rings. The maximum Gasteiger partial charge on any atom is 0.408 e. The third-order valence-corrected chi connectivity index (χ3v) is 4.49. The monoisotopic (exact) mass is 352 g/mol. The zero-order chi connectivity index (χ0) is 18.4. The van der Waals surface area contributed by atoms with Gasteiger partial charge in [-0.1, -0.05) is 60.7 Å². The van der Waals surface area contributed by atoms with E-state index in [4.69, 9.17) is 4.74 Å². The van der Waals surface area contributed by atoms with Gasteiger partial charge < -0.3 is 15.4 Å². The zero-order valence-electron chi connectivity index (χ0n) is 14.9. The van der Waals surface area contributed by atoms with Crippen LogP contribution in [0, 0.1) is 5.92 Å². The molecule has 5 nitrogen and oxygen atoms in total. The van der Waals surface area contributed by atoms with Gasteiger partial charge in [0, 0.05) is 0 Å². The van der Waals surface area contributed by atoms with Crippen LogP contribution in [0.2, 0.25) is 0 Å². The number of carbonyl (C=O) groups is 2. The fourth-order valence-electron chi connectivity index (χ4n) is 2.85. The maximum absolute atomic E-state index is 12.5. The lowest BCUT2D eigenvalue weighted by molar-refractivity contribution is -0.123. The normalized spacial score (nSPS) is 15.6. The van der Waals surface area contributed by atoms with E-state index < -0.39 is 12.1 Å². The predicted molar refractivity (Wildman–Crippen MR) is 99.3 cm³/mol. The number of carbonyl (C=O) groups excluding carboxylic acids is 2. The van der Waals surface area contributed by atoms with Gasteiger partial charge in [0.2, 0.25) is 5.91 Å². The molecule has 0 heterocycles. The second-order valence-corrected chi connectivity index (χ2v) is 6.66. The summed E-state index contributed by atoms with van der Waals surface area (Å²) in [6, 6.07) is 18.7. The van der Waals surface area contributed by atoms with Crippen LogP contribution in [0.3, 0.4) is 0 Å². The van der Waals surface area contributed by atoms with E-state index in [1.807, 2.05) is 60.7 Å². The highest BCUT2D eigenvalue weighted by molar-refractivity contribution is 5.85. The highest BCUT2D eigenvalue weighted by atomic mass is 16.5. The summed E-state index contributed by atoms with van der Waals surface area (Å²) in [6.45, 7) is 1.84. The number of ether oxygens (including phenoxy) is 1. The number of alkyl carbamates (subject to hydrolysis) is 1. The van der Waals surface area contributed by atoms with Crippen LogP contribution in [0.5, 0.6) is 0 Å². The quantitative estimate of drug-likeness (QED) is 0.800. The van der Waals surface area contributed by atoms with Crippen molar-refractivity contribution in [2.45, 2.75) is 38.5 Å². The first kappa shape index (κ1) is 18.0. The fraction of sp³-hybridized carbons (Fsp3) is 0.333. The Bertz CT molecular complexity index is 729. The van der Waals surface area contributed by atoms with Crippen molar-refractivity contribution in [3.05, 3.63) is 71.8 Å². The summed E-state index contributed by atoms with van der Waals surface area (Å²) in [6.07, 6.45) is 1.63. The molecule has 2 atom stereocenters. The first-order valence-corrected chi connectivity index (χ1v) is 8.96. The summed E-state index contributed by atoms with van der Waals surface area (Å²) in [5.74, 6) is 0.265.